The Labute approximate surface area is 178 Å². The second kappa shape index (κ2) is 8.14. The molecule has 30 heavy (non-hydrogen) atoms. The van der Waals surface area contributed by atoms with Gasteiger partial charge in [0.15, 0.2) is 0 Å². The Bertz CT molecular complexity index is 885. The van der Waals surface area contributed by atoms with Gasteiger partial charge < -0.3 is 4.90 Å². The van der Waals surface area contributed by atoms with E-state index >= 15 is 0 Å². The van der Waals surface area contributed by atoms with Gasteiger partial charge in [-0.25, -0.2) is 4.39 Å². The molecule has 1 atom stereocenters. The van der Waals surface area contributed by atoms with Gasteiger partial charge in [0.05, 0.1) is 5.56 Å². The monoisotopic (exact) mass is 406 g/mol. The molecule has 1 aliphatic carbocycles. The van der Waals surface area contributed by atoms with E-state index in [9.17, 15) is 9.18 Å². The number of carbonyl (C=O) groups excluding carboxylic acids is 1. The van der Waals surface area contributed by atoms with E-state index < -0.39 is 5.82 Å². The maximum atomic E-state index is 14.0. The number of benzene rings is 2. The zero-order chi connectivity index (χ0) is 20.6. The number of halogens is 1. The molecule has 0 N–H and O–H groups in total. The third-order valence-corrected chi connectivity index (χ3v) is 7.70. The van der Waals surface area contributed by atoms with E-state index in [0.717, 1.165) is 12.8 Å². The lowest BCUT2D eigenvalue weighted by Crippen LogP contribution is -2.63. The van der Waals surface area contributed by atoms with Crippen LogP contribution in [0.3, 0.4) is 0 Å². The Morgan fingerprint density at radius 1 is 0.900 bits per heavy atom. The highest BCUT2D eigenvalue weighted by Gasteiger charge is 2.54. The molecular formula is C26H31FN2O. The molecule has 3 aliphatic rings. The Morgan fingerprint density at radius 2 is 1.57 bits per heavy atom. The summed E-state index contributed by atoms with van der Waals surface area (Å²) in [7, 11) is 0. The Kier molecular flexibility index (Phi) is 5.36. The fourth-order valence-corrected chi connectivity index (χ4v) is 6.19. The summed E-state index contributed by atoms with van der Waals surface area (Å²) >= 11 is 0. The molecule has 2 aromatic rings. The number of hydrogen-bond acceptors (Lipinski definition) is 2. The molecule has 3 nitrogen and oxygen atoms in total. The second-order valence-corrected chi connectivity index (χ2v) is 9.41. The second-order valence-electron chi connectivity index (χ2n) is 9.41. The summed E-state index contributed by atoms with van der Waals surface area (Å²) in [6.07, 6.45) is 8.71. The number of carbonyl (C=O) groups is 1. The third kappa shape index (κ3) is 3.45. The molecule has 2 aromatic carbocycles. The van der Waals surface area contributed by atoms with Crippen LogP contribution in [0, 0.1) is 11.2 Å². The lowest BCUT2D eigenvalue weighted by molar-refractivity contribution is -0.132. The predicted molar refractivity (Wildman–Crippen MR) is 117 cm³/mol. The summed E-state index contributed by atoms with van der Waals surface area (Å²) < 4.78 is 14.0. The largest absolute Gasteiger partial charge is 0.338 e. The first-order valence-corrected chi connectivity index (χ1v) is 11.5. The fraction of sp³-hybridized carbons (Fsp3) is 0.500. The molecule has 158 valence electrons. The molecule has 2 aliphatic heterocycles. The summed E-state index contributed by atoms with van der Waals surface area (Å²) in [5.74, 6) is -0.589. The third-order valence-electron chi connectivity index (χ3n) is 7.70. The van der Waals surface area contributed by atoms with E-state index in [0.29, 0.717) is 30.6 Å². The minimum absolute atomic E-state index is 0.168. The number of rotatable bonds is 3. The van der Waals surface area contributed by atoms with Gasteiger partial charge in [0, 0.05) is 37.1 Å². The van der Waals surface area contributed by atoms with Crippen LogP contribution in [0.2, 0.25) is 0 Å². The molecule has 4 heteroatoms. The highest BCUT2D eigenvalue weighted by atomic mass is 19.1. The van der Waals surface area contributed by atoms with Crippen molar-refractivity contribution in [3.63, 3.8) is 0 Å². The van der Waals surface area contributed by atoms with Crippen LogP contribution < -0.4 is 0 Å². The van der Waals surface area contributed by atoms with Crippen molar-refractivity contribution in [1.82, 2.24) is 9.80 Å². The van der Waals surface area contributed by atoms with E-state index in [4.69, 9.17) is 0 Å². The van der Waals surface area contributed by atoms with Crippen molar-refractivity contribution in [3.05, 3.63) is 71.5 Å². The smallest absolute Gasteiger partial charge is 0.256 e. The van der Waals surface area contributed by atoms with Crippen molar-refractivity contribution in [1.29, 1.82) is 0 Å². The minimum Gasteiger partial charge on any atom is -0.338 e. The van der Waals surface area contributed by atoms with E-state index in [-0.39, 0.29) is 11.5 Å². The van der Waals surface area contributed by atoms with E-state index in [1.54, 1.807) is 18.2 Å². The summed E-state index contributed by atoms with van der Waals surface area (Å²) in [5.41, 5.74) is 2.10. The van der Waals surface area contributed by atoms with Crippen LogP contribution >= 0.6 is 0 Å². The van der Waals surface area contributed by atoms with Crippen molar-refractivity contribution in [2.45, 2.75) is 57.0 Å². The van der Waals surface area contributed by atoms with Crippen molar-refractivity contribution >= 4 is 5.91 Å². The fourth-order valence-electron chi connectivity index (χ4n) is 6.19. The number of amides is 1. The van der Waals surface area contributed by atoms with Crippen molar-refractivity contribution < 1.29 is 9.18 Å². The molecule has 5 rings (SSSR count). The normalized spacial score (nSPS) is 24.6. The number of nitrogens with zero attached hydrogens (tertiary/aromatic N) is 2. The van der Waals surface area contributed by atoms with Gasteiger partial charge in [0.1, 0.15) is 5.82 Å². The zero-order valence-corrected chi connectivity index (χ0v) is 17.6. The average molecular weight is 407 g/mol. The van der Waals surface area contributed by atoms with E-state index in [1.165, 1.54) is 50.3 Å². The topological polar surface area (TPSA) is 23.6 Å². The Morgan fingerprint density at radius 3 is 2.27 bits per heavy atom. The lowest BCUT2D eigenvalue weighted by atomic mass is 9.60. The first-order valence-electron chi connectivity index (χ1n) is 11.5. The van der Waals surface area contributed by atoms with Crippen molar-refractivity contribution in [3.8, 4) is 0 Å². The Hall–Kier alpha value is -2.20. The summed E-state index contributed by atoms with van der Waals surface area (Å²) in [5, 5.41) is 0. The average Bonchev–Trinajstić information content (AvgIpc) is 2.79. The number of hydrogen-bond donors (Lipinski definition) is 0. The lowest BCUT2D eigenvalue weighted by Gasteiger charge is -2.63. The highest BCUT2D eigenvalue weighted by Crippen LogP contribution is 2.58. The summed E-state index contributed by atoms with van der Waals surface area (Å²) in [6.45, 7) is 2.62. The summed E-state index contributed by atoms with van der Waals surface area (Å²) in [4.78, 5) is 17.3. The zero-order valence-electron chi connectivity index (χ0n) is 17.6. The van der Waals surface area contributed by atoms with E-state index in [1.807, 2.05) is 4.90 Å². The maximum Gasteiger partial charge on any atom is 0.256 e. The van der Waals surface area contributed by atoms with Gasteiger partial charge in [0.25, 0.3) is 5.91 Å². The minimum atomic E-state index is -0.421. The van der Waals surface area contributed by atoms with Crippen LogP contribution in [0.5, 0.6) is 0 Å². The molecule has 2 saturated heterocycles. The van der Waals surface area contributed by atoms with Crippen LogP contribution in [0.4, 0.5) is 4.39 Å². The van der Waals surface area contributed by atoms with Gasteiger partial charge in [0.2, 0.25) is 0 Å². The van der Waals surface area contributed by atoms with Gasteiger partial charge in [-0.05, 0) is 43.4 Å². The van der Waals surface area contributed by atoms with Gasteiger partial charge in [-0.1, -0.05) is 61.7 Å². The SMILES string of the molecule is O=C(c1ccccc1F)N1CCC(N2CC3(CCCCC3)C2c2ccccc2)CC1. The van der Waals surface area contributed by atoms with Crippen molar-refractivity contribution in [2.75, 3.05) is 19.6 Å². The molecule has 1 spiro atoms. The first kappa shape index (κ1) is 19.7. The van der Waals surface area contributed by atoms with Crippen LogP contribution in [0.1, 0.15) is 66.9 Å². The van der Waals surface area contributed by atoms with Gasteiger partial charge >= 0.3 is 0 Å². The van der Waals surface area contributed by atoms with Crippen LogP contribution in [0.15, 0.2) is 54.6 Å². The van der Waals surface area contributed by atoms with E-state index in [2.05, 4.69) is 35.2 Å². The maximum absolute atomic E-state index is 14.0. The molecule has 0 radical (unpaired) electrons. The van der Waals surface area contributed by atoms with Crippen LogP contribution in [-0.2, 0) is 0 Å². The molecule has 1 saturated carbocycles. The molecule has 3 fully saturated rings. The molecule has 0 bridgehead atoms. The number of piperidine rings is 1. The quantitative estimate of drug-likeness (QED) is 0.678. The van der Waals surface area contributed by atoms with Crippen molar-refractivity contribution in [2.24, 2.45) is 5.41 Å². The van der Waals surface area contributed by atoms with Gasteiger partial charge in [-0.15, -0.1) is 0 Å². The van der Waals surface area contributed by atoms with Crippen LogP contribution in [-0.4, -0.2) is 41.4 Å². The van der Waals surface area contributed by atoms with Gasteiger partial charge in [-0.3, -0.25) is 9.69 Å². The first-order chi connectivity index (χ1) is 14.7. The Balaban J connectivity index is 1.29. The molecular weight excluding hydrogens is 375 g/mol. The molecule has 1 unspecified atom stereocenters. The van der Waals surface area contributed by atoms with Gasteiger partial charge in [-0.2, -0.15) is 0 Å². The molecule has 0 aromatic heterocycles. The molecule has 2 heterocycles. The standard InChI is InChI=1S/C26H31FN2O/c27-23-12-6-5-11-22(23)25(30)28-17-13-21(14-18-28)29-19-26(15-7-2-8-16-26)24(29)20-9-3-1-4-10-20/h1,3-6,9-12,21,24H,2,7-8,13-19H2. The predicted octanol–water partition coefficient (Wildman–Crippen LogP) is 5.44. The molecule has 1 amide bonds. The summed E-state index contributed by atoms with van der Waals surface area (Å²) in [6, 6.07) is 18.4. The highest BCUT2D eigenvalue weighted by molar-refractivity contribution is 5.94. The van der Waals surface area contributed by atoms with Crippen LogP contribution in [0.25, 0.3) is 0 Å². The number of likely N-dealkylation sites (tertiary alicyclic amines) is 2.